The van der Waals surface area contributed by atoms with Gasteiger partial charge in [-0.05, 0) is 50.1 Å². The van der Waals surface area contributed by atoms with E-state index >= 15 is 0 Å². The van der Waals surface area contributed by atoms with Gasteiger partial charge in [-0.1, -0.05) is 0 Å². The van der Waals surface area contributed by atoms with Gasteiger partial charge >= 0.3 is 0 Å². The number of anilines is 2. The molecule has 1 aliphatic rings. The SMILES string of the molecule is C[C@@H](Nc1ncccc1C#N)c1cc(F)ccc1N1CCC(O)CC1. The number of hydrogen-bond acceptors (Lipinski definition) is 5. The minimum Gasteiger partial charge on any atom is -0.393 e. The van der Waals surface area contributed by atoms with E-state index in [4.69, 9.17) is 0 Å². The first-order valence-corrected chi connectivity index (χ1v) is 8.42. The van der Waals surface area contributed by atoms with Crippen LogP contribution in [0.3, 0.4) is 0 Å². The molecule has 0 saturated carbocycles. The maximum absolute atomic E-state index is 13.9. The largest absolute Gasteiger partial charge is 0.393 e. The first kappa shape index (κ1) is 17.2. The van der Waals surface area contributed by atoms with Crippen LogP contribution in [0.15, 0.2) is 36.5 Å². The quantitative estimate of drug-likeness (QED) is 0.894. The fraction of sp³-hybridized carbons (Fsp3) is 0.368. The molecule has 0 spiro atoms. The van der Waals surface area contributed by atoms with Crippen LogP contribution >= 0.6 is 0 Å². The number of piperidine rings is 1. The summed E-state index contributed by atoms with van der Waals surface area (Å²) >= 11 is 0. The Morgan fingerprint density at radius 1 is 1.36 bits per heavy atom. The number of nitrogens with one attached hydrogen (secondary N) is 1. The number of aliphatic hydroxyl groups is 1. The molecule has 5 nitrogen and oxygen atoms in total. The van der Waals surface area contributed by atoms with Crippen LogP contribution in [0.2, 0.25) is 0 Å². The lowest BCUT2D eigenvalue weighted by Gasteiger charge is -2.34. The Balaban J connectivity index is 1.88. The van der Waals surface area contributed by atoms with Gasteiger partial charge in [-0.25, -0.2) is 9.37 Å². The average molecular weight is 340 g/mol. The fourth-order valence-electron chi connectivity index (χ4n) is 3.16. The summed E-state index contributed by atoms with van der Waals surface area (Å²) in [5.41, 5.74) is 2.21. The monoisotopic (exact) mass is 340 g/mol. The summed E-state index contributed by atoms with van der Waals surface area (Å²) in [5.74, 6) is 0.188. The second-order valence-electron chi connectivity index (χ2n) is 6.30. The molecular weight excluding hydrogens is 319 g/mol. The Hall–Kier alpha value is -2.65. The minimum absolute atomic E-state index is 0.223. The van der Waals surface area contributed by atoms with Crippen molar-refractivity contribution in [1.82, 2.24) is 4.98 Å². The summed E-state index contributed by atoms with van der Waals surface area (Å²) < 4.78 is 13.9. The van der Waals surface area contributed by atoms with E-state index in [1.165, 1.54) is 12.1 Å². The van der Waals surface area contributed by atoms with Gasteiger partial charge in [0.1, 0.15) is 17.7 Å². The van der Waals surface area contributed by atoms with Crippen molar-refractivity contribution in [3.8, 4) is 6.07 Å². The molecule has 6 heteroatoms. The molecule has 3 rings (SSSR count). The predicted octanol–water partition coefficient (Wildman–Crippen LogP) is 3.23. The van der Waals surface area contributed by atoms with Gasteiger partial charge in [0.2, 0.25) is 0 Å². The van der Waals surface area contributed by atoms with Crippen molar-refractivity contribution in [3.05, 3.63) is 53.5 Å². The molecule has 1 aliphatic heterocycles. The van der Waals surface area contributed by atoms with Crippen LogP contribution in [-0.2, 0) is 0 Å². The molecule has 0 unspecified atom stereocenters. The Labute approximate surface area is 146 Å². The van der Waals surface area contributed by atoms with Crippen LogP contribution in [0, 0.1) is 17.1 Å². The highest BCUT2D eigenvalue weighted by atomic mass is 19.1. The van der Waals surface area contributed by atoms with E-state index in [9.17, 15) is 14.8 Å². The van der Waals surface area contributed by atoms with Crippen molar-refractivity contribution in [2.75, 3.05) is 23.3 Å². The molecule has 25 heavy (non-hydrogen) atoms. The molecule has 0 radical (unpaired) electrons. The third kappa shape index (κ3) is 3.89. The Bertz CT molecular complexity index is 781. The lowest BCUT2D eigenvalue weighted by molar-refractivity contribution is 0.145. The molecule has 1 aromatic carbocycles. The van der Waals surface area contributed by atoms with Crippen molar-refractivity contribution in [2.24, 2.45) is 0 Å². The van der Waals surface area contributed by atoms with Crippen molar-refractivity contribution >= 4 is 11.5 Å². The highest BCUT2D eigenvalue weighted by Crippen LogP contribution is 2.31. The maximum atomic E-state index is 13.9. The summed E-state index contributed by atoms with van der Waals surface area (Å²) in [6, 6.07) is 10.1. The second-order valence-corrected chi connectivity index (χ2v) is 6.30. The molecule has 0 amide bonds. The molecular formula is C19H21FN4O. The molecule has 0 bridgehead atoms. The van der Waals surface area contributed by atoms with Gasteiger partial charge in [-0.3, -0.25) is 0 Å². The molecule has 2 aromatic rings. The smallest absolute Gasteiger partial charge is 0.144 e. The van der Waals surface area contributed by atoms with E-state index in [0.29, 0.717) is 24.2 Å². The average Bonchev–Trinajstić information content (AvgIpc) is 2.63. The molecule has 1 aromatic heterocycles. The van der Waals surface area contributed by atoms with Gasteiger partial charge in [-0.2, -0.15) is 5.26 Å². The van der Waals surface area contributed by atoms with Crippen LogP contribution in [-0.4, -0.2) is 29.3 Å². The third-order valence-electron chi connectivity index (χ3n) is 4.54. The van der Waals surface area contributed by atoms with Crippen molar-refractivity contribution in [2.45, 2.75) is 31.9 Å². The maximum Gasteiger partial charge on any atom is 0.144 e. The molecule has 2 N–H and O–H groups in total. The van der Waals surface area contributed by atoms with Crippen molar-refractivity contribution in [1.29, 1.82) is 5.26 Å². The van der Waals surface area contributed by atoms with Crippen LogP contribution in [0.4, 0.5) is 15.9 Å². The van der Waals surface area contributed by atoms with Crippen LogP contribution in [0.1, 0.15) is 36.9 Å². The van der Waals surface area contributed by atoms with Crippen molar-refractivity contribution < 1.29 is 9.50 Å². The molecule has 130 valence electrons. The van der Waals surface area contributed by atoms with E-state index < -0.39 is 0 Å². The lowest BCUT2D eigenvalue weighted by atomic mass is 10.0. The number of pyridine rings is 1. The molecule has 1 fully saturated rings. The third-order valence-corrected chi connectivity index (χ3v) is 4.54. The summed E-state index contributed by atoms with van der Waals surface area (Å²) in [6.45, 7) is 3.39. The second kappa shape index (κ2) is 7.49. The van der Waals surface area contributed by atoms with Gasteiger partial charge in [0, 0.05) is 30.5 Å². The zero-order valence-electron chi connectivity index (χ0n) is 14.1. The fourth-order valence-corrected chi connectivity index (χ4v) is 3.16. The molecule has 0 aliphatic carbocycles. The van der Waals surface area contributed by atoms with E-state index in [-0.39, 0.29) is 18.0 Å². The Morgan fingerprint density at radius 3 is 2.84 bits per heavy atom. The summed E-state index contributed by atoms with van der Waals surface area (Å²) in [4.78, 5) is 6.39. The Morgan fingerprint density at radius 2 is 2.12 bits per heavy atom. The van der Waals surface area contributed by atoms with Crippen LogP contribution in [0.25, 0.3) is 0 Å². The summed E-state index contributed by atoms with van der Waals surface area (Å²) in [6.07, 6.45) is 2.77. The highest BCUT2D eigenvalue weighted by Gasteiger charge is 2.22. The van der Waals surface area contributed by atoms with Crippen LogP contribution in [0.5, 0.6) is 0 Å². The van der Waals surface area contributed by atoms with E-state index in [1.807, 2.05) is 6.92 Å². The summed E-state index contributed by atoms with van der Waals surface area (Å²) in [5, 5.41) is 22.1. The number of rotatable bonds is 4. The zero-order valence-corrected chi connectivity index (χ0v) is 14.1. The number of nitriles is 1. The van der Waals surface area contributed by atoms with Gasteiger partial charge in [0.15, 0.2) is 0 Å². The number of aliphatic hydroxyl groups excluding tert-OH is 1. The first-order valence-electron chi connectivity index (χ1n) is 8.42. The predicted molar refractivity (Wildman–Crippen MR) is 94.8 cm³/mol. The highest BCUT2D eigenvalue weighted by molar-refractivity contribution is 5.59. The summed E-state index contributed by atoms with van der Waals surface area (Å²) in [7, 11) is 0. The van der Waals surface area contributed by atoms with Gasteiger partial charge in [0.05, 0.1) is 17.7 Å². The first-order chi connectivity index (χ1) is 12.1. The minimum atomic E-state index is -0.300. The number of benzene rings is 1. The zero-order chi connectivity index (χ0) is 17.8. The van der Waals surface area contributed by atoms with Crippen molar-refractivity contribution in [3.63, 3.8) is 0 Å². The van der Waals surface area contributed by atoms with Crippen LogP contribution < -0.4 is 10.2 Å². The van der Waals surface area contributed by atoms with E-state index in [1.54, 1.807) is 24.4 Å². The number of aromatic nitrogens is 1. The molecule has 1 saturated heterocycles. The van der Waals surface area contributed by atoms with E-state index in [2.05, 4.69) is 21.3 Å². The number of halogens is 1. The van der Waals surface area contributed by atoms with Gasteiger partial charge in [-0.15, -0.1) is 0 Å². The number of nitrogens with zero attached hydrogens (tertiary/aromatic N) is 3. The number of hydrogen-bond donors (Lipinski definition) is 2. The molecule has 1 atom stereocenters. The normalized spacial score (nSPS) is 16.3. The van der Waals surface area contributed by atoms with E-state index in [0.717, 1.165) is 24.3 Å². The van der Waals surface area contributed by atoms with Gasteiger partial charge in [0.25, 0.3) is 0 Å². The lowest BCUT2D eigenvalue weighted by Crippen LogP contribution is -2.36. The topological polar surface area (TPSA) is 72.2 Å². The Kier molecular flexibility index (Phi) is 5.15. The molecule has 2 heterocycles. The standard InChI is InChI=1S/C19H21FN4O/c1-13(23-19-14(12-21)3-2-8-22-19)17-11-15(20)4-5-18(17)24-9-6-16(25)7-10-24/h2-5,8,11,13,16,25H,6-7,9-10H2,1H3,(H,22,23)/t13-/m1/s1. The van der Waals surface area contributed by atoms with Gasteiger partial charge < -0.3 is 15.3 Å².